The molecule has 1 saturated carbocycles. The van der Waals surface area contributed by atoms with Crippen LogP contribution in [0, 0.1) is 0 Å². The number of urea groups is 1. The van der Waals surface area contributed by atoms with Gasteiger partial charge >= 0.3 is 12.0 Å². The molecule has 0 aliphatic heterocycles. The number of amides is 3. The summed E-state index contributed by atoms with van der Waals surface area (Å²) in [7, 11) is 0. The molecule has 3 aromatic carbocycles. The summed E-state index contributed by atoms with van der Waals surface area (Å²) in [6.45, 7) is 6.81. The lowest BCUT2D eigenvalue weighted by atomic mass is 9.84. The van der Waals surface area contributed by atoms with Gasteiger partial charge in [0.1, 0.15) is 0 Å². The lowest BCUT2D eigenvalue weighted by Gasteiger charge is -2.26. The Hall–Kier alpha value is -4.13. The average Bonchev–Trinajstić information content (AvgIpc) is 2.96. The van der Waals surface area contributed by atoms with Crippen LogP contribution in [0.1, 0.15) is 92.3 Å². The molecule has 3 aromatic rings. The summed E-state index contributed by atoms with van der Waals surface area (Å²) in [5, 5.41) is 14.5. The van der Waals surface area contributed by atoms with E-state index in [2.05, 4.69) is 49.6 Å². The van der Waals surface area contributed by atoms with Gasteiger partial charge in [-0.3, -0.25) is 14.5 Å². The van der Waals surface area contributed by atoms with E-state index in [1.165, 1.54) is 37.7 Å². The summed E-state index contributed by atoms with van der Waals surface area (Å²) in [6.07, 6.45) is 6.13. The molecule has 0 bridgehead atoms. The van der Waals surface area contributed by atoms with Gasteiger partial charge in [0.15, 0.2) is 0 Å². The monoisotopic (exact) mass is 555 g/mol. The van der Waals surface area contributed by atoms with E-state index in [1.54, 1.807) is 17.0 Å². The number of benzene rings is 3. The molecular formula is C34H41N3O4. The minimum atomic E-state index is -0.962. The van der Waals surface area contributed by atoms with E-state index in [-0.39, 0.29) is 30.3 Å². The predicted octanol–water partition coefficient (Wildman–Crippen LogP) is 7.48. The highest BCUT2D eigenvalue weighted by molar-refractivity contribution is 6.01. The Bertz CT molecular complexity index is 1340. The summed E-state index contributed by atoms with van der Waals surface area (Å²) in [5.41, 5.74) is 5.25. The molecule has 0 heterocycles. The van der Waals surface area contributed by atoms with Crippen molar-refractivity contribution in [3.63, 3.8) is 0 Å². The van der Waals surface area contributed by atoms with E-state index >= 15 is 0 Å². The van der Waals surface area contributed by atoms with Gasteiger partial charge in [-0.2, -0.15) is 0 Å². The fourth-order valence-corrected chi connectivity index (χ4v) is 5.23. The third-order valence-corrected chi connectivity index (χ3v) is 7.69. The normalized spacial score (nSPS) is 13.8. The fraction of sp³-hybridized carbons (Fsp3) is 0.382. The molecule has 0 radical (unpaired) electrons. The van der Waals surface area contributed by atoms with Crippen LogP contribution >= 0.6 is 0 Å². The van der Waals surface area contributed by atoms with Gasteiger partial charge in [0.25, 0.3) is 5.91 Å². The third kappa shape index (κ3) is 8.43. The zero-order chi connectivity index (χ0) is 29.4. The number of hydrogen-bond acceptors (Lipinski definition) is 3. The number of nitrogens with one attached hydrogen (secondary N) is 2. The second-order valence-corrected chi connectivity index (χ2v) is 11.9. The molecule has 1 fully saturated rings. The van der Waals surface area contributed by atoms with Crippen LogP contribution in [0.3, 0.4) is 0 Å². The van der Waals surface area contributed by atoms with Crippen molar-refractivity contribution in [1.82, 2.24) is 5.32 Å². The maximum Gasteiger partial charge on any atom is 0.326 e. The molecule has 3 N–H and O–H groups in total. The summed E-state index contributed by atoms with van der Waals surface area (Å²) in [6, 6.07) is 23.1. The van der Waals surface area contributed by atoms with Crippen molar-refractivity contribution in [3.05, 3.63) is 95.1 Å². The SMILES string of the molecule is CC(C)(C)c1cccc(NC(=O)N(Cc2ccc(C(=O)NCCC(=O)O)cc2)c2ccc(C3CCCCC3)cc2)c1. The highest BCUT2D eigenvalue weighted by Crippen LogP contribution is 2.34. The van der Waals surface area contributed by atoms with Gasteiger partial charge in [0.05, 0.1) is 13.0 Å². The quantitative estimate of drug-likeness (QED) is 0.255. The fourth-order valence-electron chi connectivity index (χ4n) is 5.23. The maximum atomic E-state index is 13.7. The molecule has 0 saturated heterocycles. The molecule has 0 atom stereocenters. The highest BCUT2D eigenvalue weighted by atomic mass is 16.4. The second-order valence-electron chi connectivity index (χ2n) is 11.9. The van der Waals surface area contributed by atoms with Crippen molar-refractivity contribution in [2.75, 3.05) is 16.8 Å². The Morgan fingerprint density at radius 3 is 2.22 bits per heavy atom. The van der Waals surface area contributed by atoms with Crippen LogP contribution in [0.4, 0.5) is 16.2 Å². The van der Waals surface area contributed by atoms with Gasteiger partial charge in [-0.15, -0.1) is 0 Å². The first-order valence-corrected chi connectivity index (χ1v) is 14.5. The van der Waals surface area contributed by atoms with Crippen molar-refractivity contribution in [2.45, 2.75) is 77.2 Å². The minimum absolute atomic E-state index is 0.0446. The maximum absolute atomic E-state index is 13.7. The van der Waals surface area contributed by atoms with E-state index in [0.717, 1.165) is 22.5 Å². The molecule has 1 aliphatic rings. The summed E-state index contributed by atoms with van der Waals surface area (Å²) in [4.78, 5) is 38.5. The highest BCUT2D eigenvalue weighted by Gasteiger charge is 2.21. The van der Waals surface area contributed by atoms with Crippen LogP contribution in [-0.2, 0) is 16.8 Å². The smallest absolute Gasteiger partial charge is 0.326 e. The molecule has 3 amide bonds. The number of carbonyl (C=O) groups is 3. The van der Waals surface area contributed by atoms with E-state index in [0.29, 0.717) is 18.0 Å². The predicted molar refractivity (Wildman–Crippen MR) is 164 cm³/mol. The molecule has 0 unspecified atom stereocenters. The Labute approximate surface area is 243 Å². The van der Waals surface area contributed by atoms with Gasteiger partial charge in [0.2, 0.25) is 0 Å². The lowest BCUT2D eigenvalue weighted by molar-refractivity contribution is -0.136. The number of rotatable bonds is 9. The van der Waals surface area contributed by atoms with E-state index in [9.17, 15) is 14.4 Å². The second kappa shape index (κ2) is 13.5. The minimum Gasteiger partial charge on any atom is -0.481 e. The molecule has 4 rings (SSSR count). The van der Waals surface area contributed by atoms with Gasteiger partial charge in [-0.1, -0.05) is 76.4 Å². The van der Waals surface area contributed by atoms with Crippen molar-refractivity contribution in [1.29, 1.82) is 0 Å². The number of anilines is 2. The summed E-state index contributed by atoms with van der Waals surface area (Å²) < 4.78 is 0. The molecule has 1 aliphatic carbocycles. The van der Waals surface area contributed by atoms with Gasteiger partial charge in [-0.05, 0) is 77.3 Å². The summed E-state index contributed by atoms with van der Waals surface area (Å²) in [5.74, 6) is -0.713. The van der Waals surface area contributed by atoms with Crippen molar-refractivity contribution in [2.24, 2.45) is 0 Å². The van der Waals surface area contributed by atoms with Crippen molar-refractivity contribution in [3.8, 4) is 0 Å². The Kier molecular flexibility index (Phi) is 9.82. The van der Waals surface area contributed by atoms with Crippen LogP contribution in [0.5, 0.6) is 0 Å². The molecule has 0 aromatic heterocycles. The standard InChI is InChI=1S/C34H41N3O4/c1-34(2,3)28-10-7-11-29(22-28)36-33(41)37(30-18-16-26(17-19-30)25-8-5-4-6-9-25)23-24-12-14-27(15-13-24)32(40)35-21-20-31(38)39/h7,10-19,22,25H,4-6,8-9,20-21,23H2,1-3H3,(H,35,40)(H,36,41)(H,38,39). The zero-order valence-electron chi connectivity index (χ0n) is 24.3. The van der Waals surface area contributed by atoms with Crippen LogP contribution in [0.25, 0.3) is 0 Å². The largest absolute Gasteiger partial charge is 0.481 e. The molecule has 216 valence electrons. The summed E-state index contributed by atoms with van der Waals surface area (Å²) >= 11 is 0. The molecule has 7 heteroatoms. The van der Waals surface area contributed by atoms with Crippen LogP contribution in [0.15, 0.2) is 72.8 Å². The Morgan fingerprint density at radius 2 is 1.59 bits per heavy atom. The molecule has 0 spiro atoms. The van der Waals surface area contributed by atoms with E-state index < -0.39 is 5.97 Å². The molecule has 41 heavy (non-hydrogen) atoms. The first-order chi connectivity index (χ1) is 19.6. The number of aliphatic carboxylic acids is 1. The topological polar surface area (TPSA) is 98.7 Å². The zero-order valence-corrected chi connectivity index (χ0v) is 24.3. The molecular weight excluding hydrogens is 514 g/mol. The van der Waals surface area contributed by atoms with Gasteiger partial charge in [-0.25, -0.2) is 4.79 Å². The van der Waals surface area contributed by atoms with Crippen LogP contribution in [-0.4, -0.2) is 29.6 Å². The number of carbonyl (C=O) groups excluding carboxylic acids is 2. The number of carboxylic acids is 1. The molecule has 7 nitrogen and oxygen atoms in total. The van der Waals surface area contributed by atoms with Gasteiger partial charge < -0.3 is 15.7 Å². The number of nitrogens with zero attached hydrogens (tertiary/aromatic N) is 1. The van der Waals surface area contributed by atoms with Crippen LogP contribution < -0.4 is 15.5 Å². The third-order valence-electron chi connectivity index (χ3n) is 7.69. The Morgan fingerprint density at radius 1 is 0.902 bits per heavy atom. The van der Waals surface area contributed by atoms with E-state index in [4.69, 9.17) is 5.11 Å². The first-order valence-electron chi connectivity index (χ1n) is 14.5. The Balaban J connectivity index is 1.54. The number of hydrogen-bond donors (Lipinski definition) is 3. The van der Waals surface area contributed by atoms with Crippen molar-refractivity contribution >= 4 is 29.3 Å². The number of carboxylic acid groups (broad SMARTS) is 1. The van der Waals surface area contributed by atoms with E-state index in [1.807, 2.05) is 42.5 Å². The first kappa shape index (κ1) is 29.8. The van der Waals surface area contributed by atoms with Gasteiger partial charge in [0, 0.05) is 23.5 Å². The average molecular weight is 556 g/mol. The lowest BCUT2D eigenvalue weighted by Crippen LogP contribution is -2.34. The van der Waals surface area contributed by atoms with Crippen molar-refractivity contribution < 1.29 is 19.5 Å². The van der Waals surface area contributed by atoms with Crippen LogP contribution in [0.2, 0.25) is 0 Å².